The van der Waals surface area contributed by atoms with E-state index >= 15 is 0 Å². The van der Waals surface area contributed by atoms with Gasteiger partial charge in [-0.05, 0) is 0 Å². The molecular weight excluding hydrogens is 237 g/mol. The molecule has 0 bridgehead atoms. The number of hydrogen-bond acceptors (Lipinski definition) is 1. The van der Waals surface area contributed by atoms with Gasteiger partial charge in [0.1, 0.15) is 0 Å². The van der Waals surface area contributed by atoms with E-state index in [1.54, 1.807) is 22.2 Å². The van der Waals surface area contributed by atoms with E-state index < -0.39 is 12.1 Å². The fourth-order valence-corrected chi connectivity index (χ4v) is 20.1. The Balaban J connectivity index is 2.33. The predicted octanol–water partition coefficient (Wildman–Crippen LogP) is 4.67. The maximum absolute atomic E-state index is 2.46. The molecule has 2 heteroatoms. The second-order valence-corrected chi connectivity index (χ2v) is 19.5. The van der Waals surface area contributed by atoms with Crippen LogP contribution in [0.3, 0.4) is 0 Å². The number of rotatable bonds is 6. The quantitative estimate of drug-likeness (QED) is 0.626. The van der Waals surface area contributed by atoms with Crippen LogP contribution in [0.15, 0.2) is 0 Å². The van der Waals surface area contributed by atoms with Crippen LogP contribution >= 0.6 is 10.1 Å². The molecule has 0 amide bonds. The van der Waals surface area contributed by atoms with Crippen LogP contribution in [-0.2, 0) is 0 Å². The zero-order valence-electron chi connectivity index (χ0n) is 9.27. The standard InChI is InChI=1S/C11H24GeS/c1-3-5-8-12(9-6-4-2)10-7-11-13-12/h3-11H2,1-2H3. The normalized spacial score (nSPS) is 20.8. The zero-order chi connectivity index (χ0) is 9.57. The molecule has 0 atom stereocenters. The van der Waals surface area contributed by atoms with Gasteiger partial charge in [-0.2, -0.15) is 0 Å². The first-order valence-electron chi connectivity index (χ1n) is 5.97. The van der Waals surface area contributed by atoms with Gasteiger partial charge in [-0.1, -0.05) is 0 Å². The Labute approximate surface area is 89.6 Å². The van der Waals surface area contributed by atoms with Crippen molar-refractivity contribution in [3.63, 3.8) is 0 Å². The van der Waals surface area contributed by atoms with Crippen LogP contribution in [0.1, 0.15) is 46.0 Å². The molecule has 0 aromatic carbocycles. The van der Waals surface area contributed by atoms with E-state index in [4.69, 9.17) is 0 Å². The predicted molar refractivity (Wildman–Crippen MR) is 67.1 cm³/mol. The average molecular weight is 261 g/mol. The first-order chi connectivity index (χ1) is 6.33. The Morgan fingerprint density at radius 1 is 1.08 bits per heavy atom. The van der Waals surface area contributed by atoms with Crippen LogP contribution in [0.5, 0.6) is 0 Å². The third-order valence-electron chi connectivity index (χ3n) is 3.16. The van der Waals surface area contributed by atoms with Crippen molar-refractivity contribution in [3.05, 3.63) is 0 Å². The fourth-order valence-electron chi connectivity index (χ4n) is 2.27. The average Bonchev–Trinajstić information content (AvgIpc) is 2.61. The third-order valence-corrected chi connectivity index (χ3v) is 20.5. The van der Waals surface area contributed by atoms with Crippen molar-refractivity contribution in [1.29, 1.82) is 0 Å². The molecule has 0 spiro atoms. The summed E-state index contributed by atoms with van der Waals surface area (Å²) >= 11 is -1.27. The number of unbranched alkanes of at least 4 members (excludes halogenated alkanes) is 2. The second-order valence-electron chi connectivity index (χ2n) is 4.34. The summed E-state index contributed by atoms with van der Waals surface area (Å²) in [5.41, 5.74) is 0. The molecule has 0 saturated carbocycles. The molecule has 0 radical (unpaired) electrons. The van der Waals surface area contributed by atoms with Gasteiger partial charge < -0.3 is 0 Å². The van der Waals surface area contributed by atoms with Crippen molar-refractivity contribution in [1.82, 2.24) is 0 Å². The Kier molecular flexibility index (Phi) is 5.88. The molecule has 0 aliphatic carbocycles. The monoisotopic (exact) mass is 262 g/mol. The van der Waals surface area contributed by atoms with Gasteiger partial charge in [0, 0.05) is 0 Å². The Bertz CT molecular complexity index is 120. The molecular formula is C11H24GeS. The molecule has 13 heavy (non-hydrogen) atoms. The minimum absolute atomic E-state index is 1.27. The molecule has 0 nitrogen and oxygen atoms in total. The van der Waals surface area contributed by atoms with Crippen molar-refractivity contribution < 1.29 is 0 Å². The van der Waals surface area contributed by atoms with Crippen LogP contribution in [0.4, 0.5) is 0 Å². The third kappa shape index (κ3) is 3.87. The topological polar surface area (TPSA) is 0 Å². The van der Waals surface area contributed by atoms with Crippen LogP contribution < -0.4 is 0 Å². The molecule has 1 saturated heterocycles. The summed E-state index contributed by atoms with van der Waals surface area (Å²) in [5, 5.41) is 5.02. The van der Waals surface area contributed by atoms with E-state index in [9.17, 15) is 0 Å². The van der Waals surface area contributed by atoms with Gasteiger partial charge in [0.2, 0.25) is 0 Å². The van der Waals surface area contributed by atoms with Gasteiger partial charge in [-0.3, -0.25) is 0 Å². The second kappa shape index (κ2) is 6.39. The fraction of sp³-hybridized carbons (Fsp3) is 1.00. The number of hydrogen-bond donors (Lipinski definition) is 0. The summed E-state index contributed by atoms with van der Waals surface area (Å²) < 4.78 is 0. The van der Waals surface area contributed by atoms with Gasteiger partial charge >= 0.3 is 89.7 Å². The molecule has 0 aromatic heterocycles. The van der Waals surface area contributed by atoms with Gasteiger partial charge in [0.25, 0.3) is 0 Å². The van der Waals surface area contributed by atoms with E-state index in [0.29, 0.717) is 0 Å². The molecule has 78 valence electrons. The summed E-state index contributed by atoms with van der Waals surface area (Å²) in [4.78, 5) is 0. The van der Waals surface area contributed by atoms with Crippen molar-refractivity contribution >= 4 is 22.2 Å². The Morgan fingerprint density at radius 2 is 1.69 bits per heavy atom. The molecule has 0 unspecified atom stereocenters. The summed E-state index contributed by atoms with van der Waals surface area (Å²) in [6, 6.07) is 0. The van der Waals surface area contributed by atoms with Gasteiger partial charge in [0.05, 0.1) is 0 Å². The molecule has 0 N–H and O–H groups in total. The van der Waals surface area contributed by atoms with Crippen molar-refractivity contribution in [2.75, 3.05) is 5.75 Å². The molecule has 1 fully saturated rings. The molecule has 1 heterocycles. The van der Waals surface area contributed by atoms with Crippen LogP contribution in [-0.4, -0.2) is 17.9 Å². The minimum atomic E-state index is -1.27. The molecule has 1 rings (SSSR count). The SMILES string of the molecule is CCC[CH2][Ge]1([CH2]CCC)[CH2]CC[S]1. The Morgan fingerprint density at radius 3 is 2.08 bits per heavy atom. The molecule has 1 aliphatic rings. The van der Waals surface area contributed by atoms with E-state index in [1.165, 1.54) is 31.4 Å². The molecule has 1 aliphatic heterocycles. The van der Waals surface area contributed by atoms with E-state index in [2.05, 4.69) is 23.9 Å². The Hall–Kier alpha value is 0.893. The van der Waals surface area contributed by atoms with Crippen LogP contribution in [0.25, 0.3) is 0 Å². The van der Waals surface area contributed by atoms with E-state index in [0.717, 1.165) is 0 Å². The van der Waals surface area contributed by atoms with Gasteiger partial charge in [0.15, 0.2) is 0 Å². The van der Waals surface area contributed by atoms with Crippen molar-refractivity contribution in [3.8, 4) is 0 Å². The summed E-state index contributed by atoms with van der Waals surface area (Å²) in [5.74, 6) is 1.51. The van der Waals surface area contributed by atoms with Gasteiger partial charge in [-0.25, -0.2) is 0 Å². The van der Waals surface area contributed by atoms with Crippen LogP contribution in [0, 0.1) is 0 Å². The summed E-state index contributed by atoms with van der Waals surface area (Å²) in [6.07, 6.45) is 7.44. The molecule has 0 aromatic rings. The van der Waals surface area contributed by atoms with E-state index in [-0.39, 0.29) is 0 Å². The van der Waals surface area contributed by atoms with Crippen molar-refractivity contribution in [2.24, 2.45) is 0 Å². The first kappa shape index (κ1) is 12.0. The zero-order valence-corrected chi connectivity index (χ0v) is 12.2. The maximum atomic E-state index is 2.46. The van der Waals surface area contributed by atoms with E-state index in [1.807, 2.05) is 0 Å². The van der Waals surface area contributed by atoms with Gasteiger partial charge in [-0.15, -0.1) is 0 Å². The summed E-state index contributed by atoms with van der Waals surface area (Å²) in [7, 11) is 2.46. The van der Waals surface area contributed by atoms with Crippen LogP contribution in [0.2, 0.25) is 15.8 Å². The summed E-state index contributed by atoms with van der Waals surface area (Å²) in [6.45, 7) is 4.69. The van der Waals surface area contributed by atoms with Crippen molar-refractivity contribution in [2.45, 2.75) is 61.7 Å². The first-order valence-corrected chi connectivity index (χ1v) is 14.0.